The third-order valence-corrected chi connectivity index (χ3v) is 8.00. The zero-order chi connectivity index (χ0) is 27.0. The summed E-state index contributed by atoms with van der Waals surface area (Å²) >= 11 is 0. The second-order valence-electron chi connectivity index (χ2n) is 11.0. The van der Waals surface area contributed by atoms with E-state index < -0.39 is 0 Å². The van der Waals surface area contributed by atoms with Crippen LogP contribution in [0.5, 0.6) is 0 Å². The van der Waals surface area contributed by atoms with E-state index in [-0.39, 0.29) is 11.8 Å². The highest BCUT2D eigenvalue weighted by Crippen LogP contribution is 2.35. The van der Waals surface area contributed by atoms with Gasteiger partial charge < -0.3 is 0 Å². The summed E-state index contributed by atoms with van der Waals surface area (Å²) in [5.74, 6) is 1.77. The van der Waals surface area contributed by atoms with Gasteiger partial charge in [-0.15, -0.1) is 0 Å². The van der Waals surface area contributed by atoms with E-state index in [1.807, 2.05) is 36.4 Å². The lowest BCUT2D eigenvalue weighted by atomic mass is 9.77. The Morgan fingerprint density at radius 3 is 1.37 bits per heavy atom. The molecule has 0 aliphatic heterocycles. The Balaban J connectivity index is 0.000000211. The number of Topliss-reactive ketones (excluding diaryl/α,β-unsaturated/α-hetero) is 2. The number of allylic oxidation sites excluding steroid dienone is 4. The summed E-state index contributed by atoms with van der Waals surface area (Å²) in [6, 6.07) is 20.7. The predicted molar refractivity (Wildman–Crippen MR) is 160 cm³/mol. The number of rotatable bonds is 8. The van der Waals surface area contributed by atoms with Gasteiger partial charge in [0.15, 0.2) is 0 Å². The molecule has 0 fully saturated rings. The summed E-state index contributed by atoms with van der Waals surface area (Å²) < 4.78 is 0. The van der Waals surface area contributed by atoms with E-state index in [0.29, 0.717) is 23.4 Å². The fourth-order valence-electron chi connectivity index (χ4n) is 5.93. The fraction of sp³-hybridized carbons (Fsp3) is 0.500. The van der Waals surface area contributed by atoms with Crippen molar-refractivity contribution in [2.75, 3.05) is 0 Å². The molecule has 2 aliphatic rings. The minimum atomic E-state index is 0.0734. The van der Waals surface area contributed by atoms with Crippen molar-refractivity contribution in [2.24, 2.45) is 11.8 Å². The second kappa shape index (κ2) is 17.0. The van der Waals surface area contributed by atoms with Crippen LogP contribution in [0.1, 0.15) is 114 Å². The minimum Gasteiger partial charge on any atom is -0.299 e. The first-order chi connectivity index (χ1) is 18.7. The van der Waals surface area contributed by atoms with Gasteiger partial charge in [-0.25, -0.2) is 0 Å². The zero-order valence-corrected chi connectivity index (χ0v) is 23.7. The van der Waals surface area contributed by atoms with Crippen molar-refractivity contribution in [1.82, 2.24) is 0 Å². The number of hydrogen-bond donors (Lipinski definition) is 0. The van der Waals surface area contributed by atoms with Gasteiger partial charge in [0.1, 0.15) is 11.6 Å². The van der Waals surface area contributed by atoms with Crippen LogP contribution >= 0.6 is 0 Å². The SMILES string of the molecule is CCCC[C@H]1/C=C\CCCC(=O)[C@@H]1c1ccccc1.CCCC[C@H]1/C=C\CCCC(=O)[C@@H]1c1ccccc1. The second-order valence-corrected chi connectivity index (χ2v) is 11.0. The maximum absolute atomic E-state index is 12.5. The molecule has 0 radical (unpaired) electrons. The molecular formula is C36H48O2. The lowest BCUT2D eigenvalue weighted by Crippen LogP contribution is -2.22. The van der Waals surface area contributed by atoms with Gasteiger partial charge in [0.05, 0.1) is 0 Å². The molecule has 4 atom stereocenters. The molecule has 0 spiro atoms. The molecule has 0 N–H and O–H groups in total. The van der Waals surface area contributed by atoms with Crippen LogP contribution in [-0.4, -0.2) is 11.6 Å². The van der Waals surface area contributed by atoms with E-state index in [2.05, 4.69) is 62.4 Å². The summed E-state index contributed by atoms with van der Waals surface area (Å²) in [5.41, 5.74) is 2.39. The number of benzene rings is 2. The first kappa shape index (κ1) is 29.8. The Bertz CT molecular complexity index is 921. The molecule has 2 nitrogen and oxygen atoms in total. The molecule has 4 rings (SSSR count). The third kappa shape index (κ3) is 9.22. The number of hydrogen-bond acceptors (Lipinski definition) is 2. The average Bonchev–Trinajstić information content (AvgIpc) is 2.93. The van der Waals surface area contributed by atoms with E-state index in [4.69, 9.17) is 0 Å². The molecule has 204 valence electrons. The molecule has 0 unspecified atom stereocenters. The Hall–Kier alpha value is -2.74. The number of unbranched alkanes of at least 4 members (excludes halogenated alkanes) is 2. The first-order valence-corrected chi connectivity index (χ1v) is 15.1. The molecule has 2 heteroatoms. The smallest absolute Gasteiger partial charge is 0.140 e. The summed E-state index contributed by atoms with van der Waals surface area (Å²) in [4.78, 5) is 25.0. The van der Waals surface area contributed by atoms with Crippen LogP contribution in [-0.2, 0) is 9.59 Å². The Morgan fingerprint density at radius 2 is 1.00 bits per heavy atom. The highest BCUT2D eigenvalue weighted by atomic mass is 16.1. The number of ketones is 2. The van der Waals surface area contributed by atoms with Crippen molar-refractivity contribution < 1.29 is 9.59 Å². The van der Waals surface area contributed by atoms with Gasteiger partial charge in [-0.05, 0) is 61.5 Å². The molecular weight excluding hydrogens is 464 g/mol. The van der Waals surface area contributed by atoms with Gasteiger partial charge in [0, 0.05) is 24.7 Å². The molecule has 2 aromatic rings. The van der Waals surface area contributed by atoms with E-state index in [9.17, 15) is 9.59 Å². The molecule has 38 heavy (non-hydrogen) atoms. The van der Waals surface area contributed by atoms with Crippen molar-refractivity contribution in [3.8, 4) is 0 Å². The van der Waals surface area contributed by atoms with E-state index in [1.165, 1.54) is 36.8 Å². The number of carbonyl (C=O) groups is 2. The molecule has 0 heterocycles. The minimum absolute atomic E-state index is 0.0734. The van der Waals surface area contributed by atoms with Gasteiger partial charge in [-0.3, -0.25) is 9.59 Å². The highest BCUT2D eigenvalue weighted by molar-refractivity contribution is 5.87. The van der Waals surface area contributed by atoms with E-state index in [1.54, 1.807) is 0 Å². The van der Waals surface area contributed by atoms with Crippen LogP contribution in [0.25, 0.3) is 0 Å². The Kier molecular flexibility index (Phi) is 13.3. The standard InChI is InChI=1S/2C18H24O/c2*1-2-3-10-15-11-8-5-9-14-17(19)18(15)16-12-6-4-7-13-16/h2*4,6-8,11-13,15,18H,2-3,5,9-10,14H2,1H3/b2*11-8-/t2*15-,18-/m00/s1. The highest BCUT2D eigenvalue weighted by Gasteiger charge is 2.29. The Labute approximate surface area is 231 Å². The molecule has 0 aromatic heterocycles. The average molecular weight is 513 g/mol. The largest absolute Gasteiger partial charge is 0.299 e. The number of carbonyl (C=O) groups excluding carboxylic acids is 2. The van der Waals surface area contributed by atoms with Crippen molar-refractivity contribution in [2.45, 2.75) is 103 Å². The molecule has 0 saturated heterocycles. The zero-order valence-electron chi connectivity index (χ0n) is 23.7. The summed E-state index contributed by atoms with van der Waals surface area (Å²) in [7, 11) is 0. The fourth-order valence-corrected chi connectivity index (χ4v) is 5.93. The lowest BCUT2D eigenvalue weighted by Gasteiger charge is -2.25. The topological polar surface area (TPSA) is 34.1 Å². The van der Waals surface area contributed by atoms with Crippen LogP contribution in [0.3, 0.4) is 0 Å². The maximum atomic E-state index is 12.5. The summed E-state index contributed by atoms with van der Waals surface area (Å²) in [6.45, 7) is 4.43. The molecule has 0 bridgehead atoms. The molecule has 0 saturated carbocycles. The van der Waals surface area contributed by atoms with Crippen molar-refractivity contribution in [3.05, 3.63) is 96.1 Å². The Morgan fingerprint density at radius 1 is 0.605 bits per heavy atom. The van der Waals surface area contributed by atoms with E-state index >= 15 is 0 Å². The van der Waals surface area contributed by atoms with Crippen LogP contribution in [0, 0.1) is 11.8 Å². The quantitative estimate of drug-likeness (QED) is 0.330. The molecule has 0 amide bonds. The normalized spacial score (nSPS) is 25.6. The van der Waals surface area contributed by atoms with Crippen LogP contribution < -0.4 is 0 Å². The summed E-state index contributed by atoms with van der Waals surface area (Å²) in [6.07, 6.45) is 21.7. The monoisotopic (exact) mass is 512 g/mol. The van der Waals surface area contributed by atoms with Crippen molar-refractivity contribution in [3.63, 3.8) is 0 Å². The van der Waals surface area contributed by atoms with Crippen molar-refractivity contribution in [1.29, 1.82) is 0 Å². The lowest BCUT2D eigenvalue weighted by molar-refractivity contribution is -0.122. The van der Waals surface area contributed by atoms with Gasteiger partial charge >= 0.3 is 0 Å². The maximum Gasteiger partial charge on any atom is 0.140 e. The van der Waals surface area contributed by atoms with Crippen molar-refractivity contribution >= 4 is 11.6 Å². The first-order valence-electron chi connectivity index (χ1n) is 15.1. The third-order valence-electron chi connectivity index (χ3n) is 8.00. The van der Waals surface area contributed by atoms with Gasteiger partial charge in [0.25, 0.3) is 0 Å². The summed E-state index contributed by atoms with van der Waals surface area (Å²) in [5, 5.41) is 0. The predicted octanol–water partition coefficient (Wildman–Crippen LogP) is 9.77. The molecule has 2 aliphatic carbocycles. The van der Waals surface area contributed by atoms with E-state index in [0.717, 1.165) is 51.4 Å². The van der Waals surface area contributed by atoms with Crippen LogP contribution in [0.2, 0.25) is 0 Å². The van der Waals surface area contributed by atoms with Crippen LogP contribution in [0.4, 0.5) is 0 Å². The van der Waals surface area contributed by atoms with Crippen LogP contribution in [0.15, 0.2) is 85.0 Å². The van der Waals surface area contributed by atoms with Gasteiger partial charge in [-0.1, -0.05) is 124 Å². The molecule has 2 aromatic carbocycles. The van der Waals surface area contributed by atoms with Gasteiger partial charge in [0.2, 0.25) is 0 Å². The van der Waals surface area contributed by atoms with Gasteiger partial charge in [-0.2, -0.15) is 0 Å².